The predicted molar refractivity (Wildman–Crippen MR) is 62.9 cm³/mol. The average Bonchev–Trinajstić information content (AvgIpc) is 2.69. The van der Waals surface area contributed by atoms with E-state index in [9.17, 15) is 0 Å². The molecule has 2 N–H and O–H groups in total. The molecule has 1 fully saturated rings. The van der Waals surface area contributed by atoms with Crippen molar-refractivity contribution in [3.63, 3.8) is 0 Å². The largest absolute Gasteiger partial charge is 0.356 e. The molecule has 2 heterocycles. The molecular weight excluding hydrogens is 186 g/mol. The van der Waals surface area contributed by atoms with Gasteiger partial charge in [0.25, 0.3) is 0 Å². The van der Waals surface area contributed by atoms with E-state index < -0.39 is 0 Å². The zero-order valence-corrected chi connectivity index (χ0v) is 9.53. The molecule has 0 amide bonds. The molecule has 1 aliphatic heterocycles. The van der Waals surface area contributed by atoms with Crippen molar-refractivity contribution in [2.75, 3.05) is 18.0 Å². The van der Waals surface area contributed by atoms with Crippen LogP contribution in [0.4, 0.5) is 5.82 Å². The molecule has 3 nitrogen and oxygen atoms in total. The summed E-state index contributed by atoms with van der Waals surface area (Å²) in [5.74, 6) is 1.07. The zero-order chi connectivity index (χ0) is 10.9. The van der Waals surface area contributed by atoms with E-state index in [4.69, 9.17) is 5.73 Å². The number of hydrogen-bond donors (Lipinski definition) is 1. The lowest BCUT2D eigenvalue weighted by Crippen LogP contribution is -2.32. The highest BCUT2D eigenvalue weighted by Gasteiger charge is 2.23. The molecule has 0 spiro atoms. The molecule has 1 aromatic rings. The first kappa shape index (κ1) is 10.4. The molecule has 1 aromatic heterocycles. The monoisotopic (exact) mass is 205 g/mol. The van der Waals surface area contributed by atoms with Gasteiger partial charge in [-0.1, -0.05) is 6.07 Å². The molecule has 1 aliphatic rings. The maximum Gasteiger partial charge on any atom is 0.133 e. The number of nitrogens with zero attached hydrogens (tertiary/aromatic N) is 2. The first-order valence-corrected chi connectivity index (χ1v) is 5.58. The lowest BCUT2D eigenvalue weighted by Gasteiger charge is -2.26. The smallest absolute Gasteiger partial charge is 0.133 e. The Labute approximate surface area is 91.3 Å². The summed E-state index contributed by atoms with van der Waals surface area (Å²) in [5.41, 5.74) is 6.99. The molecule has 0 unspecified atom stereocenters. The second-order valence-electron chi connectivity index (χ2n) is 4.79. The van der Waals surface area contributed by atoms with Gasteiger partial charge in [0, 0.05) is 30.4 Å². The summed E-state index contributed by atoms with van der Waals surface area (Å²) in [4.78, 5) is 6.81. The van der Waals surface area contributed by atoms with Crippen LogP contribution >= 0.6 is 0 Å². The highest BCUT2D eigenvalue weighted by atomic mass is 15.2. The molecular formula is C12H19N3. The van der Waals surface area contributed by atoms with Gasteiger partial charge in [0.2, 0.25) is 0 Å². The molecule has 2 rings (SSSR count). The summed E-state index contributed by atoms with van der Waals surface area (Å²) in [6, 6.07) is 4.05. The minimum absolute atomic E-state index is 0.313. The van der Waals surface area contributed by atoms with Crippen LogP contribution in [0.3, 0.4) is 0 Å². The number of aromatic nitrogens is 1. The predicted octanol–water partition coefficient (Wildman–Crippen LogP) is 1.88. The molecule has 15 heavy (non-hydrogen) atoms. The topological polar surface area (TPSA) is 42.1 Å². The van der Waals surface area contributed by atoms with Crippen molar-refractivity contribution in [1.29, 1.82) is 0 Å². The summed E-state index contributed by atoms with van der Waals surface area (Å²) in [6.45, 7) is 6.29. The standard InChI is InChI=1S/C12H19N3/c1-12(2,13)10-6-5-7-14-11(10)15-8-3-4-9-15/h5-7H,3-4,8-9,13H2,1-2H3. The van der Waals surface area contributed by atoms with Crippen LogP contribution in [0, 0.1) is 0 Å². The fourth-order valence-corrected chi connectivity index (χ4v) is 2.08. The summed E-state index contributed by atoms with van der Waals surface area (Å²) in [6.07, 6.45) is 4.38. The third-order valence-electron chi connectivity index (χ3n) is 2.89. The average molecular weight is 205 g/mol. The van der Waals surface area contributed by atoms with Gasteiger partial charge < -0.3 is 10.6 Å². The van der Waals surface area contributed by atoms with Gasteiger partial charge in [-0.25, -0.2) is 4.98 Å². The Hall–Kier alpha value is -1.09. The van der Waals surface area contributed by atoms with Crippen molar-refractivity contribution in [2.24, 2.45) is 5.73 Å². The fourth-order valence-electron chi connectivity index (χ4n) is 2.08. The quantitative estimate of drug-likeness (QED) is 0.801. The Balaban J connectivity index is 2.37. The van der Waals surface area contributed by atoms with Crippen molar-refractivity contribution >= 4 is 5.82 Å². The second kappa shape index (κ2) is 3.81. The molecule has 0 aromatic carbocycles. The van der Waals surface area contributed by atoms with Crippen LogP contribution in [-0.2, 0) is 5.54 Å². The molecule has 3 heteroatoms. The molecule has 0 aliphatic carbocycles. The number of pyridine rings is 1. The Bertz CT molecular complexity index is 335. The van der Waals surface area contributed by atoms with Crippen molar-refractivity contribution < 1.29 is 0 Å². The van der Waals surface area contributed by atoms with Crippen LogP contribution in [0.2, 0.25) is 0 Å². The maximum absolute atomic E-state index is 6.16. The van der Waals surface area contributed by atoms with E-state index in [2.05, 4.69) is 16.0 Å². The first-order chi connectivity index (χ1) is 7.09. The third-order valence-corrected chi connectivity index (χ3v) is 2.89. The van der Waals surface area contributed by atoms with Crippen molar-refractivity contribution in [3.05, 3.63) is 23.9 Å². The van der Waals surface area contributed by atoms with E-state index in [0.29, 0.717) is 0 Å². The lowest BCUT2D eigenvalue weighted by atomic mass is 9.96. The van der Waals surface area contributed by atoms with Crippen LogP contribution in [0.25, 0.3) is 0 Å². The maximum atomic E-state index is 6.16. The zero-order valence-electron chi connectivity index (χ0n) is 9.53. The van der Waals surface area contributed by atoms with Gasteiger partial charge in [0.15, 0.2) is 0 Å². The van der Waals surface area contributed by atoms with Gasteiger partial charge in [-0.15, -0.1) is 0 Å². The van der Waals surface area contributed by atoms with Crippen LogP contribution in [0.1, 0.15) is 32.3 Å². The number of hydrogen-bond acceptors (Lipinski definition) is 3. The summed E-state index contributed by atoms with van der Waals surface area (Å²) in [7, 11) is 0. The SMILES string of the molecule is CC(C)(N)c1cccnc1N1CCCC1. The number of nitrogens with two attached hydrogens (primary N) is 1. The van der Waals surface area contributed by atoms with E-state index in [1.165, 1.54) is 12.8 Å². The van der Waals surface area contributed by atoms with Crippen LogP contribution in [0.5, 0.6) is 0 Å². The summed E-state index contributed by atoms with van der Waals surface area (Å²) in [5, 5.41) is 0. The van der Waals surface area contributed by atoms with Gasteiger partial charge in [-0.05, 0) is 32.8 Å². The fraction of sp³-hybridized carbons (Fsp3) is 0.583. The van der Waals surface area contributed by atoms with Crippen LogP contribution < -0.4 is 10.6 Å². The van der Waals surface area contributed by atoms with Gasteiger partial charge >= 0.3 is 0 Å². The third kappa shape index (κ3) is 2.12. The number of anilines is 1. The van der Waals surface area contributed by atoms with Crippen molar-refractivity contribution in [2.45, 2.75) is 32.2 Å². The molecule has 0 atom stereocenters. The Morgan fingerprint density at radius 2 is 2.00 bits per heavy atom. The van der Waals surface area contributed by atoms with E-state index in [1.54, 1.807) is 0 Å². The Kier molecular flexibility index (Phi) is 2.65. The molecule has 82 valence electrons. The van der Waals surface area contributed by atoms with E-state index >= 15 is 0 Å². The van der Waals surface area contributed by atoms with Gasteiger partial charge in [-0.3, -0.25) is 0 Å². The molecule has 0 saturated carbocycles. The highest BCUT2D eigenvalue weighted by Crippen LogP contribution is 2.28. The lowest BCUT2D eigenvalue weighted by molar-refractivity contribution is 0.551. The molecule has 0 bridgehead atoms. The van der Waals surface area contributed by atoms with Crippen molar-refractivity contribution in [1.82, 2.24) is 4.98 Å². The summed E-state index contributed by atoms with van der Waals surface area (Å²) >= 11 is 0. The number of rotatable bonds is 2. The first-order valence-electron chi connectivity index (χ1n) is 5.58. The molecule has 0 radical (unpaired) electrons. The van der Waals surface area contributed by atoms with E-state index in [0.717, 1.165) is 24.5 Å². The Morgan fingerprint density at radius 1 is 1.33 bits per heavy atom. The van der Waals surface area contributed by atoms with Crippen LogP contribution in [0.15, 0.2) is 18.3 Å². The van der Waals surface area contributed by atoms with E-state index in [-0.39, 0.29) is 5.54 Å². The van der Waals surface area contributed by atoms with E-state index in [1.807, 2.05) is 26.1 Å². The van der Waals surface area contributed by atoms with Crippen molar-refractivity contribution in [3.8, 4) is 0 Å². The van der Waals surface area contributed by atoms with Gasteiger partial charge in [0.1, 0.15) is 5.82 Å². The van der Waals surface area contributed by atoms with Gasteiger partial charge in [-0.2, -0.15) is 0 Å². The second-order valence-corrected chi connectivity index (χ2v) is 4.79. The molecule has 1 saturated heterocycles. The minimum atomic E-state index is -0.313. The highest BCUT2D eigenvalue weighted by molar-refractivity contribution is 5.50. The minimum Gasteiger partial charge on any atom is -0.356 e. The Morgan fingerprint density at radius 3 is 2.60 bits per heavy atom. The summed E-state index contributed by atoms with van der Waals surface area (Å²) < 4.78 is 0. The van der Waals surface area contributed by atoms with Gasteiger partial charge in [0.05, 0.1) is 0 Å². The normalized spacial score (nSPS) is 17.1. The van der Waals surface area contributed by atoms with Crippen LogP contribution in [-0.4, -0.2) is 18.1 Å².